The highest BCUT2D eigenvalue weighted by Gasteiger charge is 2.33. The van der Waals surface area contributed by atoms with E-state index < -0.39 is 39.3 Å². The number of alkyl halides is 1. The fourth-order valence-electron chi connectivity index (χ4n) is 2.80. The van der Waals surface area contributed by atoms with Gasteiger partial charge < -0.3 is 5.32 Å². The third-order valence-corrected chi connectivity index (χ3v) is 5.98. The zero-order valence-corrected chi connectivity index (χ0v) is 12.5. The van der Waals surface area contributed by atoms with Crippen molar-refractivity contribution in [3.8, 4) is 0 Å². The lowest BCUT2D eigenvalue weighted by molar-refractivity contribution is -0.118. The van der Waals surface area contributed by atoms with E-state index in [-0.39, 0.29) is 24.3 Å². The van der Waals surface area contributed by atoms with E-state index in [0.717, 1.165) is 6.08 Å². The summed E-state index contributed by atoms with van der Waals surface area (Å²) in [5.74, 6) is -1.18. The number of nitrogens with one attached hydrogen (secondary N) is 1. The molecule has 2 unspecified atom stereocenters. The maximum Gasteiger partial charge on any atom is 0.228 e. The van der Waals surface area contributed by atoms with Gasteiger partial charge in [0.05, 0.1) is 17.4 Å². The molecule has 1 amide bonds. The van der Waals surface area contributed by atoms with E-state index in [1.165, 1.54) is 6.08 Å². The second-order valence-corrected chi connectivity index (χ2v) is 7.86. The summed E-state index contributed by atoms with van der Waals surface area (Å²) in [5, 5.41) is 1.88. The second kappa shape index (κ2) is 5.46. The molecule has 2 atom stereocenters. The van der Waals surface area contributed by atoms with Crippen LogP contribution in [0, 0.1) is 0 Å². The number of amides is 1. The summed E-state index contributed by atoms with van der Waals surface area (Å²) in [7, 11) is -3.61. The van der Waals surface area contributed by atoms with Gasteiger partial charge in [0.25, 0.3) is 0 Å². The third kappa shape index (κ3) is 2.90. The van der Waals surface area contributed by atoms with Gasteiger partial charge in [-0.15, -0.1) is 0 Å². The normalized spacial score (nSPS) is 28.2. The first kappa shape index (κ1) is 15.1. The predicted octanol–water partition coefficient (Wildman–Crippen LogP) is 2.03. The van der Waals surface area contributed by atoms with Gasteiger partial charge in [0.15, 0.2) is 9.84 Å². The third-order valence-electron chi connectivity index (χ3n) is 4.00. The summed E-state index contributed by atoms with van der Waals surface area (Å²) >= 11 is 0. The monoisotopic (exact) mass is 327 g/mol. The molecule has 0 aromatic heterocycles. The van der Waals surface area contributed by atoms with Crippen LogP contribution in [0.2, 0.25) is 0 Å². The molecule has 0 bridgehead atoms. The molecule has 0 radical (unpaired) electrons. The van der Waals surface area contributed by atoms with Crippen LogP contribution >= 0.6 is 0 Å². The zero-order valence-electron chi connectivity index (χ0n) is 11.7. The Morgan fingerprint density at radius 1 is 1.32 bits per heavy atom. The molecule has 1 saturated heterocycles. The Bertz CT molecular complexity index is 747. The lowest BCUT2D eigenvalue weighted by Crippen LogP contribution is -2.28. The van der Waals surface area contributed by atoms with Gasteiger partial charge in [-0.05, 0) is 23.6 Å². The molecule has 2 aliphatic carbocycles. The van der Waals surface area contributed by atoms with Gasteiger partial charge in [0.2, 0.25) is 5.91 Å². The number of halogens is 2. The summed E-state index contributed by atoms with van der Waals surface area (Å²) in [6.45, 7) is 0. The van der Waals surface area contributed by atoms with Crippen molar-refractivity contribution in [3.05, 3.63) is 47.0 Å². The molecule has 0 aromatic carbocycles. The van der Waals surface area contributed by atoms with Gasteiger partial charge in [0, 0.05) is 12.1 Å². The van der Waals surface area contributed by atoms with Gasteiger partial charge in [-0.2, -0.15) is 0 Å². The number of fused-ring (bicyclic) bond motifs is 1. The van der Waals surface area contributed by atoms with Crippen LogP contribution < -0.4 is 5.32 Å². The summed E-state index contributed by atoms with van der Waals surface area (Å²) in [6.07, 6.45) is 3.97. The number of carbonyl (C=O) groups is 1. The van der Waals surface area contributed by atoms with Gasteiger partial charge in [-0.1, -0.05) is 18.2 Å². The number of allylic oxidation sites excluding steroid dienone is 5. The first-order valence-electron chi connectivity index (χ1n) is 6.97. The maximum absolute atomic E-state index is 13.8. The van der Waals surface area contributed by atoms with Crippen molar-refractivity contribution >= 4 is 15.7 Å². The van der Waals surface area contributed by atoms with Crippen LogP contribution in [0.15, 0.2) is 47.0 Å². The minimum absolute atomic E-state index is 0.0789. The molecule has 3 aliphatic rings. The molecular formula is C15H15F2NO3S. The molecule has 3 rings (SSSR count). The zero-order chi connectivity index (χ0) is 15.9. The number of hydrogen-bond donors (Lipinski definition) is 1. The minimum Gasteiger partial charge on any atom is -0.326 e. The van der Waals surface area contributed by atoms with Crippen molar-refractivity contribution in [1.82, 2.24) is 5.32 Å². The topological polar surface area (TPSA) is 63.2 Å². The standard InChI is InChI=1S/C15H15F2NO3S/c16-11-2-1-9(13(17)7-11)8-22(20,21)12-3-4-14-10(5-12)6-15(19)18-14/h1-2,4-5,12-13H,3,6-8H2,(H,18,19). The Kier molecular flexibility index (Phi) is 3.76. The van der Waals surface area contributed by atoms with Gasteiger partial charge in [0.1, 0.15) is 12.0 Å². The highest BCUT2D eigenvalue weighted by molar-refractivity contribution is 7.92. The second-order valence-electron chi connectivity index (χ2n) is 5.64. The lowest BCUT2D eigenvalue weighted by atomic mass is 10.0. The van der Waals surface area contributed by atoms with E-state index in [1.54, 1.807) is 12.2 Å². The van der Waals surface area contributed by atoms with Crippen LogP contribution in [0.25, 0.3) is 0 Å². The summed E-state index contributed by atoms with van der Waals surface area (Å²) in [4.78, 5) is 11.3. The number of sulfone groups is 1. The molecule has 4 nitrogen and oxygen atoms in total. The Balaban J connectivity index is 1.79. The van der Waals surface area contributed by atoms with Crippen LogP contribution in [-0.4, -0.2) is 31.5 Å². The quantitative estimate of drug-likeness (QED) is 0.863. The average Bonchev–Trinajstić information content (AvgIpc) is 2.81. The first-order chi connectivity index (χ1) is 10.3. The first-order valence-corrected chi connectivity index (χ1v) is 8.68. The average molecular weight is 327 g/mol. The van der Waals surface area contributed by atoms with Gasteiger partial charge in [-0.3, -0.25) is 4.79 Å². The van der Waals surface area contributed by atoms with Gasteiger partial charge in [-0.25, -0.2) is 17.2 Å². The van der Waals surface area contributed by atoms with Crippen molar-refractivity contribution < 1.29 is 22.0 Å². The van der Waals surface area contributed by atoms with E-state index >= 15 is 0 Å². The highest BCUT2D eigenvalue weighted by Crippen LogP contribution is 2.30. The van der Waals surface area contributed by atoms with Crippen LogP contribution in [0.3, 0.4) is 0 Å². The Hall–Kier alpha value is -1.76. The van der Waals surface area contributed by atoms with E-state index in [0.29, 0.717) is 11.3 Å². The Morgan fingerprint density at radius 2 is 2.09 bits per heavy atom. The number of rotatable bonds is 3. The van der Waals surface area contributed by atoms with E-state index in [4.69, 9.17) is 0 Å². The highest BCUT2D eigenvalue weighted by atomic mass is 32.2. The molecule has 1 fully saturated rings. The van der Waals surface area contributed by atoms with Crippen LogP contribution in [0.4, 0.5) is 8.78 Å². The molecule has 0 saturated carbocycles. The van der Waals surface area contributed by atoms with Crippen LogP contribution in [0.5, 0.6) is 0 Å². The SMILES string of the molecule is O=C1CC2=CC(S(=O)(=O)CC3=CC=C(F)CC3F)CC=C2N1. The van der Waals surface area contributed by atoms with E-state index in [2.05, 4.69) is 5.32 Å². The van der Waals surface area contributed by atoms with Crippen molar-refractivity contribution in [2.75, 3.05) is 5.75 Å². The minimum atomic E-state index is -3.61. The molecule has 1 heterocycles. The smallest absolute Gasteiger partial charge is 0.228 e. The van der Waals surface area contributed by atoms with E-state index in [1.807, 2.05) is 0 Å². The summed E-state index contributed by atoms with van der Waals surface area (Å²) < 4.78 is 51.6. The largest absolute Gasteiger partial charge is 0.326 e. The lowest BCUT2D eigenvalue weighted by Gasteiger charge is -2.21. The molecule has 1 N–H and O–H groups in total. The van der Waals surface area contributed by atoms with Gasteiger partial charge >= 0.3 is 0 Å². The molecule has 7 heteroatoms. The van der Waals surface area contributed by atoms with Crippen molar-refractivity contribution in [3.63, 3.8) is 0 Å². The van der Waals surface area contributed by atoms with Crippen LogP contribution in [-0.2, 0) is 14.6 Å². The molecule has 118 valence electrons. The molecule has 0 aromatic rings. The Labute approximate surface area is 127 Å². The fraction of sp³-hybridized carbons (Fsp3) is 0.400. The summed E-state index contributed by atoms with van der Waals surface area (Å²) in [5.41, 5.74) is 1.42. The van der Waals surface area contributed by atoms with Crippen molar-refractivity contribution in [2.45, 2.75) is 30.7 Å². The number of hydrogen-bond acceptors (Lipinski definition) is 3. The summed E-state index contributed by atoms with van der Waals surface area (Å²) in [6, 6.07) is 0. The number of carbonyl (C=O) groups excluding carboxylic acids is 1. The van der Waals surface area contributed by atoms with Crippen molar-refractivity contribution in [2.24, 2.45) is 0 Å². The fourth-order valence-corrected chi connectivity index (χ4v) is 4.52. The van der Waals surface area contributed by atoms with E-state index in [9.17, 15) is 22.0 Å². The molecular weight excluding hydrogens is 312 g/mol. The molecule has 0 spiro atoms. The van der Waals surface area contributed by atoms with Crippen LogP contribution in [0.1, 0.15) is 19.3 Å². The molecule has 1 aliphatic heterocycles. The Morgan fingerprint density at radius 3 is 2.82 bits per heavy atom. The molecule has 22 heavy (non-hydrogen) atoms. The predicted molar refractivity (Wildman–Crippen MR) is 77.9 cm³/mol. The van der Waals surface area contributed by atoms with Crippen molar-refractivity contribution in [1.29, 1.82) is 0 Å². The maximum atomic E-state index is 13.8.